The van der Waals surface area contributed by atoms with Gasteiger partial charge in [-0.15, -0.1) is 0 Å². The van der Waals surface area contributed by atoms with Gasteiger partial charge in [-0.3, -0.25) is 4.79 Å². The van der Waals surface area contributed by atoms with E-state index in [9.17, 15) is 86.5 Å². The average Bonchev–Trinajstić information content (AvgIpc) is 2.43. The van der Waals surface area contributed by atoms with Gasteiger partial charge >= 0.3 is 5.97 Å². The van der Waals surface area contributed by atoms with E-state index in [1.54, 1.807) is 0 Å². The first-order valence-corrected chi connectivity index (χ1v) is 28.1. The Morgan fingerprint density at radius 1 is 0.532 bits per heavy atom. The molecule has 0 aromatic heterocycles. The Morgan fingerprint density at radius 2 is 1.03 bits per heavy atom. The first-order valence-electron chi connectivity index (χ1n) is 28.1. The van der Waals surface area contributed by atoms with Crippen molar-refractivity contribution in [3.05, 3.63) is 11.6 Å². The Kier molecular flexibility index (Phi) is 17.7. The molecule has 0 radical (unpaired) electrons. The Morgan fingerprint density at radius 3 is 1.56 bits per heavy atom. The van der Waals surface area contributed by atoms with Gasteiger partial charge < -0.3 is 120 Å². The summed E-state index contributed by atoms with van der Waals surface area (Å²) in [6.45, 7) is 8.96. The maximum absolute atomic E-state index is 13.3. The van der Waals surface area contributed by atoms with E-state index in [-0.39, 0.29) is 36.0 Å². The molecule has 30 atom stereocenters. The number of hydrogen-bond acceptors (Lipinski definition) is 24. The second kappa shape index (κ2) is 22.6. The molecule has 5 aliphatic carbocycles. The Balaban J connectivity index is 1.03. The number of aliphatic carboxylic acids is 1. The predicted molar refractivity (Wildman–Crippen MR) is 266 cm³/mol. The molecule has 9 rings (SSSR count). The van der Waals surface area contributed by atoms with E-state index >= 15 is 0 Å². The second-order valence-electron chi connectivity index (χ2n) is 26.2. The maximum Gasteiger partial charge on any atom is 0.312 e. The third-order valence-electron chi connectivity index (χ3n) is 21.7. The lowest BCUT2D eigenvalue weighted by Crippen LogP contribution is -2.69. The van der Waals surface area contributed by atoms with Crippen molar-refractivity contribution in [1.82, 2.24) is 0 Å². The molecular formula is C54H88O25. The molecule has 4 heterocycles. The number of carbonyl (C=O) groups is 1. The van der Waals surface area contributed by atoms with Crippen molar-refractivity contribution in [3.63, 3.8) is 0 Å². The van der Waals surface area contributed by atoms with Crippen LogP contribution in [0.5, 0.6) is 0 Å². The molecule has 4 aliphatic heterocycles. The number of aliphatic hydroxyl groups excluding tert-OH is 15. The molecule has 0 aromatic carbocycles. The molecular weight excluding hydrogens is 1050 g/mol. The van der Waals surface area contributed by atoms with Crippen LogP contribution < -0.4 is 0 Å². The van der Waals surface area contributed by atoms with Crippen molar-refractivity contribution in [1.29, 1.82) is 0 Å². The molecule has 30 unspecified atom stereocenters. The molecule has 0 bridgehead atoms. The van der Waals surface area contributed by atoms with E-state index in [4.69, 9.17) is 37.9 Å². The van der Waals surface area contributed by atoms with Crippen LogP contribution in [0, 0.1) is 50.2 Å². The van der Waals surface area contributed by atoms with Crippen molar-refractivity contribution >= 4 is 5.97 Å². The Labute approximate surface area is 458 Å². The lowest BCUT2D eigenvalue weighted by Gasteiger charge is -2.72. The highest BCUT2D eigenvalue weighted by atomic mass is 16.8. The number of carboxylic acid groups (broad SMARTS) is 1. The fourth-order valence-corrected chi connectivity index (χ4v) is 16.7. The van der Waals surface area contributed by atoms with Crippen LogP contribution in [0.25, 0.3) is 0 Å². The van der Waals surface area contributed by atoms with Gasteiger partial charge in [-0.05, 0) is 97.2 Å². The van der Waals surface area contributed by atoms with Crippen LogP contribution in [0.15, 0.2) is 11.6 Å². The minimum atomic E-state index is -2.13. The summed E-state index contributed by atoms with van der Waals surface area (Å²) in [7, 11) is 0. The zero-order chi connectivity index (χ0) is 57.9. The summed E-state index contributed by atoms with van der Waals surface area (Å²) in [5, 5.41) is 176. The van der Waals surface area contributed by atoms with Crippen molar-refractivity contribution in [3.8, 4) is 0 Å². The van der Waals surface area contributed by atoms with Crippen molar-refractivity contribution in [2.45, 2.75) is 234 Å². The molecule has 9 aliphatic rings. The van der Waals surface area contributed by atoms with E-state index in [1.165, 1.54) is 0 Å². The number of carboxylic acids is 1. The van der Waals surface area contributed by atoms with E-state index in [2.05, 4.69) is 40.7 Å². The molecule has 0 aromatic rings. The monoisotopic (exact) mass is 1140 g/mol. The fraction of sp³-hybridized carbons (Fsp3) is 0.944. The lowest BCUT2D eigenvalue weighted by molar-refractivity contribution is -0.405. The molecule has 4 saturated carbocycles. The molecule has 454 valence electrons. The summed E-state index contributed by atoms with van der Waals surface area (Å²) in [5.74, 6) is -1.57. The molecule has 79 heavy (non-hydrogen) atoms. The van der Waals surface area contributed by atoms with Crippen LogP contribution in [0.3, 0.4) is 0 Å². The topological polar surface area (TPSA) is 415 Å². The molecule has 4 saturated heterocycles. The number of ether oxygens (including phenoxy) is 8. The number of fused-ring (bicyclic) bond motifs is 7. The van der Waals surface area contributed by atoms with Gasteiger partial charge in [0, 0.05) is 5.41 Å². The summed E-state index contributed by atoms with van der Waals surface area (Å²) in [5.41, 5.74) is -2.85. The van der Waals surface area contributed by atoms with E-state index in [1.807, 2.05) is 6.92 Å². The maximum atomic E-state index is 13.3. The number of allylic oxidation sites excluding steroid dienone is 2. The van der Waals surface area contributed by atoms with Crippen LogP contribution in [-0.2, 0) is 42.7 Å². The number of aliphatic hydroxyl groups is 15. The quantitative estimate of drug-likeness (QED) is 0.0592. The molecule has 16 N–H and O–H groups in total. The fourth-order valence-electron chi connectivity index (χ4n) is 16.7. The largest absolute Gasteiger partial charge is 0.481 e. The first kappa shape index (κ1) is 61.8. The van der Waals surface area contributed by atoms with Gasteiger partial charge in [-0.25, -0.2) is 0 Å². The summed E-state index contributed by atoms with van der Waals surface area (Å²) >= 11 is 0. The first-order chi connectivity index (χ1) is 37.1. The van der Waals surface area contributed by atoms with Gasteiger partial charge in [0.2, 0.25) is 0 Å². The number of rotatable bonds is 14. The Hall–Kier alpha value is -1.71. The minimum Gasteiger partial charge on any atom is -0.481 e. The van der Waals surface area contributed by atoms with E-state index in [0.717, 1.165) is 5.57 Å². The van der Waals surface area contributed by atoms with E-state index in [0.29, 0.717) is 44.9 Å². The van der Waals surface area contributed by atoms with Crippen molar-refractivity contribution < 1.29 is 124 Å². The normalized spacial score (nSPS) is 54.6. The van der Waals surface area contributed by atoms with Crippen molar-refractivity contribution in [2.75, 3.05) is 33.0 Å². The van der Waals surface area contributed by atoms with Gasteiger partial charge in [-0.2, -0.15) is 0 Å². The number of hydrogen-bond donors (Lipinski definition) is 16. The Bertz CT molecular complexity index is 2170. The second-order valence-corrected chi connectivity index (χ2v) is 26.2. The minimum absolute atomic E-state index is 0.00273. The van der Waals surface area contributed by atoms with Crippen LogP contribution in [-0.4, -0.2) is 256 Å². The van der Waals surface area contributed by atoms with E-state index < -0.39 is 201 Å². The summed E-state index contributed by atoms with van der Waals surface area (Å²) in [4.78, 5) is 13.3. The average molecular weight is 1140 g/mol. The molecule has 0 amide bonds. The molecule has 0 spiro atoms. The van der Waals surface area contributed by atoms with Crippen molar-refractivity contribution in [2.24, 2.45) is 50.2 Å². The van der Waals surface area contributed by atoms with Crippen LogP contribution in [0.4, 0.5) is 0 Å². The van der Waals surface area contributed by atoms with Gasteiger partial charge in [0.05, 0.1) is 45.2 Å². The van der Waals surface area contributed by atoms with Crippen LogP contribution >= 0.6 is 0 Å². The molecule has 25 heteroatoms. The highest BCUT2D eigenvalue weighted by molar-refractivity contribution is 5.77. The molecule has 8 fully saturated rings. The predicted octanol–water partition coefficient (Wildman–Crippen LogP) is -3.53. The van der Waals surface area contributed by atoms with Gasteiger partial charge in [0.15, 0.2) is 25.2 Å². The summed E-state index contributed by atoms with van der Waals surface area (Å²) in [6, 6.07) is 0. The van der Waals surface area contributed by atoms with Gasteiger partial charge in [0.1, 0.15) is 103 Å². The summed E-state index contributed by atoms with van der Waals surface area (Å²) < 4.78 is 48.7. The van der Waals surface area contributed by atoms with Crippen LogP contribution in [0.2, 0.25) is 0 Å². The molecule has 25 nitrogen and oxygen atoms in total. The van der Waals surface area contributed by atoms with Gasteiger partial charge in [0.25, 0.3) is 0 Å². The highest BCUT2D eigenvalue weighted by Gasteiger charge is 2.72. The zero-order valence-corrected chi connectivity index (χ0v) is 45.7. The standard InChI is InChI=1S/C54H88O25/c1-49(2)13-14-54(48(70)71)23(15-49)22-7-8-29-50(3)11-10-31(51(4,21-59)28(50)9-12-52(29,5)53(22,6)16-30(54)60)76-47-43(79-45-39(68)37(66)33(62)25(18-56)73-45)42(35(64)27(20-58)75-47)78-46-40(69)41(34(63)26(19-57)74-46)77-44-38(67)36(65)32(61)24(17-55)72-44/h7,23-47,55-69H,8-21H2,1-6H3,(H,70,71). The lowest BCUT2D eigenvalue weighted by atomic mass is 9.33. The smallest absolute Gasteiger partial charge is 0.312 e. The third kappa shape index (κ3) is 9.89. The summed E-state index contributed by atoms with van der Waals surface area (Å²) in [6.07, 6.45) is -32.0. The van der Waals surface area contributed by atoms with Crippen LogP contribution in [0.1, 0.15) is 99.3 Å². The SMILES string of the molecule is CC1(C)CCC2(C(=O)O)C(O)CC3(C)C(=CCC4C5(C)CCC(OC6OC(CO)C(O)C(OC7OC(CO)C(O)C(OC8OC(CO)C(O)C(O)C8O)C7O)C6OC6OC(CO)C(O)C(O)C6O)C(C)(CO)C5CCC43C)C2C1. The highest BCUT2D eigenvalue weighted by Crippen LogP contribution is 2.76. The zero-order valence-electron chi connectivity index (χ0n) is 45.7. The third-order valence-corrected chi connectivity index (χ3v) is 21.7. The van der Waals surface area contributed by atoms with Gasteiger partial charge in [-0.1, -0.05) is 53.2 Å².